The third kappa shape index (κ3) is 4.69. The SMILES string of the molecule is CCCCC(C)C(C(=O)O)C(C(=O)O)(C(C)CCCC)S(=O)(=O)O. The molecule has 0 aliphatic carbocycles. The van der Waals surface area contributed by atoms with Crippen LogP contribution in [0, 0.1) is 17.8 Å². The number of unbranched alkanes of at least 4 members (excludes halogenated alkanes) is 2. The summed E-state index contributed by atoms with van der Waals surface area (Å²) in [5.74, 6) is -6.77. The van der Waals surface area contributed by atoms with E-state index in [0.717, 1.165) is 6.42 Å². The van der Waals surface area contributed by atoms with E-state index in [1.54, 1.807) is 0 Å². The van der Waals surface area contributed by atoms with Gasteiger partial charge in [0.25, 0.3) is 10.1 Å². The van der Waals surface area contributed by atoms with Crippen LogP contribution >= 0.6 is 0 Å². The van der Waals surface area contributed by atoms with Crippen LogP contribution in [-0.2, 0) is 19.7 Å². The zero-order valence-corrected chi connectivity index (χ0v) is 15.7. The van der Waals surface area contributed by atoms with Crippen molar-refractivity contribution in [2.45, 2.75) is 71.0 Å². The highest BCUT2D eigenvalue weighted by Gasteiger charge is 2.63. The number of hydrogen-bond donors (Lipinski definition) is 3. The van der Waals surface area contributed by atoms with Crippen LogP contribution in [0.1, 0.15) is 66.2 Å². The van der Waals surface area contributed by atoms with Crippen molar-refractivity contribution in [2.24, 2.45) is 17.8 Å². The predicted octanol–water partition coefficient (Wildman–Crippen LogP) is 3.05. The smallest absolute Gasteiger partial charge is 0.328 e. The summed E-state index contributed by atoms with van der Waals surface area (Å²) in [6.07, 6.45) is 3.24. The lowest BCUT2D eigenvalue weighted by atomic mass is 9.72. The summed E-state index contributed by atoms with van der Waals surface area (Å²) in [4.78, 5) is 23.8. The van der Waals surface area contributed by atoms with E-state index in [1.807, 2.05) is 13.8 Å². The van der Waals surface area contributed by atoms with Crippen molar-refractivity contribution in [1.29, 1.82) is 0 Å². The molecule has 0 fully saturated rings. The maximum Gasteiger partial charge on any atom is 0.328 e. The molecule has 0 amide bonds. The van der Waals surface area contributed by atoms with Crippen molar-refractivity contribution in [3.63, 3.8) is 0 Å². The minimum Gasteiger partial charge on any atom is -0.481 e. The molecular formula is C16H30O7S. The highest BCUT2D eigenvalue weighted by atomic mass is 32.2. The largest absolute Gasteiger partial charge is 0.481 e. The molecule has 24 heavy (non-hydrogen) atoms. The molecule has 0 spiro atoms. The molecule has 0 aromatic carbocycles. The Labute approximate surface area is 144 Å². The lowest BCUT2D eigenvalue weighted by Gasteiger charge is -2.39. The van der Waals surface area contributed by atoms with Gasteiger partial charge in [-0.25, -0.2) is 0 Å². The molecule has 7 nitrogen and oxygen atoms in total. The van der Waals surface area contributed by atoms with Crippen LogP contribution in [0.5, 0.6) is 0 Å². The quantitative estimate of drug-likeness (QED) is 0.453. The number of carboxylic acid groups (broad SMARTS) is 2. The fourth-order valence-electron chi connectivity index (χ4n) is 3.44. The third-order valence-corrected chi connectivity index (χ3v) is 6.48. The van der Waals surface area contributed by atoms with Crippen molar-refractivity contribution < 1.29 is 32.8 Å². The summed E-state index contributed by atoms with van der Waals surface area (Å²) < 4.78 is 31.3. The average Bonchev–Trinajstić information content (AvgIpc) is 2.45. The van der Waals surface area contributed by atoms with Gasteiger partial charge in [-0.2, -0.15) is 8.42 Å². The number of carboxylic acids is 2. The molecule has 0 aromatic heterocycles. The van der Waals surface area contributed by atoms with Crippen LogP contribution < -0.4 is 0 Å². The van der Waals surface area contributed by atoms with Crippen LogP contribution in [0.2, 0.25) is 0 Å². The molecule has 0 bridgehead atoms. The molecule has 0 radical (unpaired) electrons. The normalized spacial score (nSPS) is 18.4. The fourth-order valence-corrected chi connectivity index (χ4v) is 4.94. The van der Waals surface area contributed by atoms with E-state index in [4.69, 9.17) is 0 Å². The zero-order chi connectivity index (χ0) is 19.1. The summed E-state index contributed by atoms with van der Waals surface area (Å²) >= 11 is 0. The summed E-state index contributed by atoms with van der Waals surface area (Å²) in [6, 6.07) is 0. The van der Waals surface area contributed by atoms with Gasteiger partial charge in [-0.1, -0.05) is 53.4 Å². The van der Waals surface area contributed by atoms with Gasteiger partial charge in [0.1, 0.15) is 0 Å². The van der Waals surface area contributed by atoms with Crippen molar-refractivity contribution in [1.82, 2.24) is 0 Å². The van der Waals surface area contributed by atoms with E-state index < -0.39 is 44.6 Å². The maximum absolute atomic E-state index is 12.1. The molecule has 3 N–H and O–H groups in total. The Hall–Kier alpha value is -1.15. The van der Waals surface area contributed by atoms with Gasteiger partial charge in [-0.15, -0.1) is 0 Å². The molecule has 142 valence electrons. The minimum absolute atomic E-state index is 0.201. The summed E-state index contributed by atoms with van der Waals surface area (Å²) in [5, 5.41) is 19.3. The summed E-state index contributed by atoms with van der Waals surface area (Å²) in [7, 11) is -5.15. The monoisotopic (exact) mass is 366 g/mol. The second kappa shape index (κ2) is 9.36. The Bertz CT molecular complexity index is 529. The molecule has 4 unspecified atom stereocenters. The van der Waals surface area contributed by atoms with Gasteiger partial charge in [0.05, 0.1) is 5.92 Å². The second-order valence-corrected chi connectivity index (χ2v) is 8.18. The van der Waals surface area contributed by atoms with Crippen LogP contribution in [0.25, 0.3) is 0 Å². The molecule has 0 rings (SSSR count). The first kappa shape index (κ1) is 22.9. The first-order valence-electron chi connectivity index (χ1n) is 8.41. The topological polar surface area (TPSA) is 129 Å². The second-order valence-electron chi connectivity index (χ2n) is 6.55. The Morgan fingerprint density at radius 3 is 1.79 bits per heavy atom. The van der Waals surface area contributed by atoms with Gasteiger partial charge in [-0.3, -0.25) is 14.1 Å². The van der Waals surface area contributed by atoms with E-state index in [1.165, 1.54) is 13.8 Å². The third-order valence-electron chi connectivity index (χ3n) is 4.79. The van der Waals surface area contributed by atoms with E-state index in [9.17, 15) is 32.8 Å². The molecule has 8 heteroatoms. The van der Waals surface area contributed by atoms with Crippen LogP contribution in [-0.4, -0.2) is 39.9 Å². The van der Waals surface area contributed by atoms with Crippen molar-refractivity contribution in [3.8, 4) is 0 Å². The predicted molar refractivity (Wildman–Crippen MR) is 90.4 cm³/mol. The number of aliphatic carboxylic acids is 2. The van der Waals surface area contributed by atoms with Gasteiger partial charge in [-0.05, 0) is 24.7 Å². The molecule has 4 atom stereocenters. The van der Waals surface area contributed by atoms with E-state index >= 15 is 0 Å². The van der Waals surface area contributed by atoms with Crippen molar-refractivity contribution in [3.05, 3.63) is 0 Å². The van der Waals surface area contributed by atoms with E-state index in [2.05, 4.69) is 0 Å². The Morgan fingerprint density at radius 2 is 1.46 bits per heavy atom. The summed E-state index contributed by atoms with van der Waals surface area (Å²) in [6.45, 7) is 6.69. The number of hydrogen-bond acceptors (Lipinski definition) is 4. The van der Waals surface area contributed by atoms with Crippen LogP contribution in [0.15, 0.2) is 0 Å². The lowest BCUT2D eigenvalue weighted by Crippen LogP contribution is -2.61. The average molecular weight is 366 g/mol. The summed E-state index contributed by atoms with van der Waals surface area (Å²) in [5.41, 5.74) is 0. The maximum atomic E-state index is 12.1. The highest BCUT2D eigenvalue weighted by molar-refractivity contribution is 7.88. The van der Waals surface area contributed by atoms with Gasteiger partial charge < -0.3 is 10.2 Å². The van der Waals surface area contributed by atoms with E-state index in [0.29, 0.717) is 25.7 Å². The minimum atomic E-state index is -5.15. The van der Waals surface area contributed by atoms with Crippen LogP contribution in [0.4, 0.5) is 0 Å². The first-order valence-corrected chi connectivity index (χ1v) is 9.85. The number of carbonyl (C=O) groups is 2. The molecule has 0 heterocycles. The molecular weight excluding hydrogens is 336 g/mol. The van der Waals surface area contributed by atoms with Crippen molar-refractivity contribution in [2.75, 3.05) is 0 Å². The molecule has 0 aromatic rings. The molecule has 0 saturated carbocycles. The Morgan fingerprint density at radius 1 is 1.00 bits per heavy atom. The van der Waals surface area contributed by atoms with Gasteiger partial charge >= 0.3 is 11.9 Å². The zero-order valence-electron chi connectivity index (χ0n) is 14.9. The van der Waals surface area contributed by atoms with Gasteiger partial charge in [0, 0.05) is 0 Å². The van der Waals surface area contributed by atoms with Crippen LogP contribution in [0.3, 0.4) is 0 Å². The Kier molecular flexibility index (Phi) is 8.91. The van der Waals surface area contributed by atoms with Crippen molar-refractivity contribution >= 4 is 22.1 Å². The Balaban J connectivity index is 6.30. The van der Waals surface area contributed by atoms with E-state index in [-0.39, 0.29) is 6.42 Å². The molecule has 0 aliphatic rings. The fraction of sp³-hybridized carbons (Fsp3) is 0.875. The molecule has 0 saturated heterocycles. The van der Waals surface area contributed by atoms with Gasteiger partial charge in [0.15, 0.2) is 0 Å². The number of rotatable bonds is 12. The lowest BCUT2D eigenvalue weighted by molar-refractivity contribution is -0.156. The van der Waals surface area contributed by atoms with Gasteiger partial charge in [0.2, 0.25) is 4.75 Å². The molecule has 0 aliphatic heterocycles. The standard InChI is InChI=1S/C16H30O7S/c1-5-7-9-11(3)13(14(17)18)16(15(19)20,24(21,22)23)12(4)10-8-6-2/h11-13H,5-10H2,1-4H3,(H,17,18)(H,19,20)(H,21,22,23). The first-order chi connectivity index (χ1) is 11.0. The highest BCUT2D eigenvalue weighted by Crippen LogP contribution is 2.42.